The van der Waals surface area contributed by atoms with E-state index >= 15 is 0 Å². The van der Waals surface area contributed by atoms with Gasteiger partial charge in [0.25, 0.3) is 5.56 Å². The lowest BCUT2D eigenvalue weighted by molar-refractivity contribution is -0.146. The van der Waals surface area contributed by atoms with Gasteiger partial charge in [0.05, 0.1) is 12.2 Å². The van der Waals surface area contributed by atoms with Crippen LogP contribution in [0.1, 0.15) is 29.8 Å². The topological polar surface area (TPSA) is 76.9 Å². The van der Waals surface area contributed by atoms with Gasteiger partial charge in [0, 0.05) is 51.7 Å². The van der Waals surface area contributed by atoms with Gasteiger partial charge in [-0.05, 0) is 54.6 Å². The van der Waals surface area contributed by atoms with E-state index in [1.807, 2.05) is 36.9 Å². The number of piperazine rings is 1. The van der Waals surface area contributed by atoms with Crippen molar-refractivity contribution in [1.82, 2.24) is 14.5 Å². The van der Waals surface area contributed by atoms with Crippen LogP contribution in [0.2, 0.25) is 0 Å². The molecule has 1 aliphatic rings. The van der Waals surface area contributed by atoms with Crippen LogP contribution in [0.3, 0.4) is 0 Å². The van der Waals surface area contributed by atoms with Crippen LogP contribution in [-0.2, 0) is 7.05 Å². The van der Waals surface area contributed by atoms with Gasteiger partial charge < -0.3 is 10.2 Å². The predicted octanol–water partition coefficient (Wildman–Crippen LogP) is 3.91. The summed E-state index contributed by atoms with van der Waals surface area (Å²) in [4.78, 5) is 21.1. The first kappa shape index (κ1) is 27.3. The lowest BCUT2D eigenvalue weighted by Gasteiger charge is -2.37. The normalized spacial score (nSPS) is 15.4. The molecule has 38 heavy (non-hydrogen) atoms. The summed E-state index contributed by atoms with van der Waals surface area (Å²) < 4.78 is 40.1. The lowest BCUT2D eigenvalue weighted by Crippen LogP contribution is -2.50. The number of halogens is 3. The maximum Gasteiger partial charge on any atom is 0.401 e. The second-order valence-electron chi connectivity index (χ2n) is 9.66. The highest BCUT2D eigenvalue weighted by Crippen LogP contribution is 2.32. The molecule has 0 bridgehead atoms. The van der Waals surface area contributed by atoms with Crippen molar-refractivity contribution >= 4 is 28.1 Å². The number of rotatable bonds is 6. The number of hydroxylamine groups is 1. The molecule has 1 saturated heterocycles. The standard InChI is InChI=1S/C27H31F3N6O2/c1-6-19-7-8-23(25(32-19)34(5)38)31-18(3)20-13-17(2)14-22-21(20)15-24(33(4)26(22)37)36-11-9-35(10-12-36)16-27(28,29)30/h1,7-8,13-15,18,31,38H,9-12,16H2,2-5H3. The SMILES string of the molecule is C#Cc1ccc(NC(C)c2cc(C)cc3c(=O)n(C)c(N4CCN(CC(F)(F)F)CC4)cc23)c(N(C)O)n1. The number of hydrogen-bond donors (Lipinski definition) is 2. The molecule has 1 fully saturated rings. The first-order valence-electron chi connectivity index (χ1n) is 12.2. The van der Waals surface area contributed by atoms with E-state index in [1.165, 1.54) is 11.9 Å². The van der Waals surface area contributed by atoms with E-state index in [9.17, 15) is 23.2 Å². The van der Waals surface area contributed by atoms with Crippen LogP contribution in [-0.4, -0.2) is 65.6 Å². The summed E-state index contributed by atoms with van der Waals surface area (Å²) in [7, 11) is 3.13. The number of nitrogens with zero attached hydrogens (tertiary/aromatic N) is 5. The van der Waals surface area contributed by atoms with Crippen molar-refractivity contribution in [2.24, 2.45) is 7.05 Å². The molecule has 0 saturated carbocycles. The van der Waals surface area contributed by atoms with Crippen LogP contribution < -0.4 is 20.8 Å². The van der Waals surface area contributed by atoms with E-state index in [2.05, 4.69) is 16.2 Å². The summed E-state index contributed by atoms with van der Waals surface area (Å²) in [5.41, 5.74) is 2.53. The molecule has 202 valence electrons. The Bertz CT molecular complexity index is 1440. The van der Waals surface area contributed by atoms with Gasteiger partial charge in [-0.3, -0.25) is 19.5 Å². The predicted molar refractivity (Wildman–Crippen MR) is 143 cm³/mol. The number of fused-ring (bicyclic) bond motifs is 1. The molecule has 3 heterocycles. The third kappa shape index (κ3) is 5.71. The third-order valence-electron chi connectivity index (χ3n) is 6.78. The lowest BCUT2D eigenvalue weighted by atomic mass is 9.97. The molecule has 2 N–H and O–H groups in total. The largest absolute Gasteiger partial charge is 0.401 e. The van der Waals surface area contributed by atoms with E-state index in [0.29, 0.717) is 35.7 Å². The van der Waals surface area contributed by atoms with Gasteiger partial charge in [0.2, 0.25) is 0 Å². The van der Waals surface area contributed by atoms with Gasteiger partial charge in [-0.1, -0.05) is 12.0 Å². The van der Waals surface area contributed by atoms with E-state index in [0.717, 1.165) is 21.6 Å². The Balaban J connectivity index is 1.71. The maximum atomic E-state index is 13.4. The molecule has 0 amide bonds. The fraction of sp³-hybridized carbons (Fsp3) is 0.407. The molecule has 2 aromatic heterocycles. The average molecular weight is 529 g/mol. The van der Waals surface area contributed by atoms with Gasteiger partial charge in [-0.2, -0.15) is 13.2 Å². The molecular formula is C27H31F3N6O2. The first-order valence-corrected chi connectivity index (χ1v) is 12.2. The molecule has 0 radical (unpaired) electrons. The fourth-order valence-corrected chi connectivity index (χ4v) is 4.92. The molecule has 0 aliphatic carbocycles. The highest BCUT2D eigenvalue weighted by Gasteiger charge is 2.32. The Hall–Kier alpha value is -3.75. The van der Waals surface area contributed by atoms with Crippen LogP contribution in [0.25, 0.3) is 10.8 Å². The van der Waals surface area contributed by atoms with E-state index in [-0.39, 0.29) is 30.5 Å². The fourth-order valence-electron chi connectivity index (χ4n) is 4.92. The third-order valence-corrected chi connectivity index (χ3v) is 6.78. The highest BCUT2D eigenvalue weighted by molar-refractivity contribution is 5.89. The van der Waals surface area contributed by atoms with Crippen molar-refractivity contribution < 1.29 is 18.4 Å². The molecular weight excluding hydrogens is 497 g/mol. The second kappa shape index (κ2) is 10.6. The monoisotopic (exact) mass is 528 g/mol. The molecule has 8 nitrogen and oxygen atoms in total. The van der Waals surface area contributed by atoms with Crippen molar-refractivity contribution in [2.45, 2.75) is 26.1 Å². The summed E-state index contributed by atoms with van der Waals surface area (Å²) in [6.45, 7) is 4.18. The molecule has 3 aromatic rings. The zero-order valence-corrected chi connectivity index (χ0v) is 21.8. The molecule has 0 spiro atoms. The van der Waals surface area contributed by atoms with Gasteiger partial charge in [0.15, 0.2) is 5.82 Å². The summed E-state index contributed by atoms with van der Waals surface area (Å²) in [6, 6.07) is 8.89. The minimum absolute atomic E-state index is 0.178. The number of anilines is 3. The number of aromatic nitrogens is 2. The summed E-state index contributed by atoms with van der Waals surface area (Å²) >= 11 is 0. The van der Waals surface area contributed by atoms with Crippen LogP contribution in [0, 0.1) is 19.3 Å². The second-order valence-corrected chi connectivity index (χ2v) is 9.66. The van der Waals surface area contributed by atoms with Gasteiger partial charge in [-0.15, -0.1) is 6.42 Å². The summed E-state index contributed by atoms with van der Waals surface area (Å²) in [5, 5.41) is 15.7. The molecule has 1 unspecified atom stereocenters. The van der Waals surface area contributed by atoms with E-state index in [4.69, 9.17) is 6.42 Å². The molecule has 4 rings (SSSR count). The molecule has 1 atom stereocenters. The van der Waals surface area contributed by atoms with Crippen molar-refractivity contribution in [3.63, 3.8) is 0 Å². The van der Waals surface area contributed by atoms with E-state index in [1.54, 1.807) is 23.7 Å². The zero-order valence-electron chi connectivity index (χ0n) is 21.8. The number of alkyl halides is 3. The number of hydrogen-bond acceptors (Lipinski definition) is 7. The molecule has 11 heteroatoms. The van der Waals surface area contributed by atoms with Crippen LogP contribution in [0.4, 0.5) is 30.5 Å². The van der Waals surface area contributed by atoms with Crippen molar-refractivity contribution in [1.29, 1.82) is 0 Å². The minimum atomic E-state index is -4.24. The molecule has 1 aliphatic heterocycles. The Morgan fingerprint density at radius 2 is 1.87 bits per heavy atom. The van der Waals surface area contributed by atoms with Gasteiger partial charge in [0.1, 0.15) is 11.5 Å². The zero-order chi connectivity index (χ0) is 27.8. The number of nitrogens with one attached hydrogen (secondary N) is 1. The Labute approximate surface area is 219 Å². The van der Waals surface area contributed by atoms with Crippen LogP contribution in [0.15, 0.2) is 35.1 Å². The highest BCUT2D eigenvalue weighted by atomic mass is 19.4. The number of pyridine rings is 2. The van der Waals surface area contributed by atoms with Crippen LogP contribution in [0.5, 0.6) is 0 Å². The van der Waals surface area contributed by atoms with Crippen molar-refractivity contribution in [3.8, 4) is 12.3 Å². The number of benzene rings is 1. The molecule has 1 aromatic carbocycles. The minimum Gasteiger partial charge on any atom is -0.375 e. The van der Waals surface area contributed by atoms with E-state index < -0.39 is 12.7 Å². The smallest absolute Gasteiger partial charge is 0.375 e. The van der Waals surface area contributed by atoms with Crippen molar-refractivity contribution in [2.75, 3.05) is 55.1 Å². The van der Waals surface area contributed by atoms with Crippen molar-refractivity contribution in [3.05, 3.63) is 57.5 Å². The van der Waals surface area contributed by atoms with Gasteiger partial charge >= 0.3 is 6.18 Å². The van der Waals surface area contributed by atoms with Crippen LogP contribution >= 0.6 is 0 Å². The number of terminal acetylenes is 1. The average Bonchev–Trinajstić information content (AvgIpc) is 2.85. The Kier molecular flexibility index (Phi) is 7.58. The maximum absolute atomic E-state index is 13.4. The quantitative estimate of drug-likeness (QED) is 0.371. The van der Waals surface area contributed by atoms with Gasteiger partial charge in [-0.25, -0.2) is 10.0 Å². The summed E-state index contributed by atoms with van der Waals surface area (Å²) in [6.07, 6.45) is 1.21. The summed E-state index contributed by atoms with van der Waals surface area (Å²) in [5.74, 6) is 3.37. The Morgan fingerprint density at radius 1 is 1.18 bits per heavy atom. The number of aryl methyl sites for hydroxylation is 1. The first-order chi connectivity index (χ1) is 17.9. The Morgan fingerprint density at radius 3 is 2.47 bits per heavy atom.